The molecule has 0 N–H and O–H groups in total. The lowest BCUT2D eigenvalue weighted by atomic mass is 9.81. The first-order valence-electron chi connectivity index (χ1n) is 10.4. The van der Waals surface area contributed by atoms with E-state index in [1.54, 1.807) is 4.68 Å². The van der Waals surface area contributed by atoms with Crippen LogP contribution in [0, 0.1) is 19.8 Å². The number of likely N-dealkylation sites (tertiary alicyclic amines) is 2. The Morgan fingerprint density at radius 2 is 2.00 bits per heavy atom. The highest BCUT2D eigenvalue weighted by atomic mass is 16.5. The standard InChI is InChI=1S/C20H28N6O3/c1-13-8-17(24(3)22-13)18(27)26-10-15-9-25(16-4-6-28-7-5-16)11-20(15,12-26)19-21-14(2)23-29-19/h8,15-16H,4-7,9-12H2,1-3H3/t15-,20-/m1/s1. The molecular formula is C20H28N6O3. The lowest BCUT2D eigenvalue weighted by Gasteiger charge is -2.33. The van der Waals surface area contributed by atoms with Crippen LogP contribution in [-0.2, 0) is 17.2 Å². The van der Waals surface area contributed by atoms with Gasteiger partial charge in [0.25, 0.3) is 5.91 Å². The molecule has 0 bridgehead atoms. The Morgan fingerprint density at radius 1 is 1.21 bits per heavy atom. The molecule has 1 amide bonds. The van der Waals surface area contributed by atoms with Gasteiger partial charge in [-0.2, -0.15) is 10.1 Å². The van der Waals surface area contributed by atoms with Crippen molar-refractivity contribution >= 4 is 5.91 Å². The van der Waals surface area contributed by atoms with Crippen molar-refractivity contribution < 1.29 is 14.1 Å². The summed E-state index contributed by atoms with van der Waals surface area (Å²) in [7, 11) is 1.82. The van der Waals surface area contributed by atoms with Crippen molar-refractivity contribution in [1.29, 1.82) is 0 Å². The Morgan fingerprint density at radius 3 is 2.66 bits per heavy atom. The van der Waals surface area contributed by atoms with Gasteiger partial charge in [0.1, 0.15) is 5.69 Å². The molecule has 0 saturated carbocycles. The van der Waals surface area contributed by atoms with Gasteiger partial charge in [-0.25, -0.2) is 0 Å². The summed E-state index contributed by atoms with van der Waals surface area (Å²) in [6, 6.07) is 2.38. The van der Waals surface area contributed by atoms with Crippen molar-refractivity contribution in [3.05, 3.63) is 29.2 Å². The summed E-state index contributed by atoms with van der Waals surface area (Å²) >= 11 is 0. The molecule has 3 aliphatic rings. The Bertz CT molecular complexity index is 917. The molecule has 29 heavy (non-hydrogen) atoms. The lowest BCUT2D eigenvalue weighted by Crippen LogP contribution is -2.44. The minimum Gasteiger partial charge on any atom is -0.381 e. The SMILES string of the molecule is Cc1cc(C(=O)N2C[C@H]3CN(C4CCOCC4)C[C@@]3(c3nc(C)no3)C2)n(C)n1. The van der Waals surface area contributed by atoms with Crippen LogP contribution in [0.3, 0.4) is 0 Å². The number of hydrogen-bond donors (Lipinski definition) is 0. The number of carbonyl (C=O) groups is 1. The van der Waals surface area contributed by atoms with Crippen LogP contribution in [-0.4, -0.2) is 81.1 Å². The number of rotatable bonds is 3. The molecule has 156 valence electrons. The summed E-state index contributed by atoms with van der Waals surface area (Å²) in [5, 5.41) is 8.39. The third-order valence-electron chi connectivity index (χ3n) is 6.80. The second-order valence-corrected chi connectivity index (χ2v) is 8.75. The second kappa shape index (κ2) is 6.91. The summed E-state index contributed by atoms with van der Waals surface area (Å²) in [6.07, 6.45) is 2.12. The topological polar surface area (TPSA) is 89.5 Å². The van der Waals surface area contributed by atoms with E-state index in [4.69, 9.17) is 9.26 Å². The minimum atomic E-state index is -0.303. The molecule has 5 rings (SSSR count). The molecule has 9 heteroatoms. The average Bonchev–Trinajstić information content (AvgIpc) is 3.44. The molecule has 5 heterocycles. The molecule has 0 radical (unpaired) electrons. The van der Waals surface area contributed by atoms with Crippen LogP contribution in [0.15, 0.2) is 10.6 Å². The average molecular weight is 400 g/mol. The first-order chi connectivity index (χ1) is 14.0. The van der Waals surface area contributed by atoms with E-state index in [0.29, 0.717) is 36.5 Å². The summed E-state index contributed by atoms with van der Waals surface area (Å²) < 4.78 is 12.9. The van der Waals surface area contributed by atoms with E-state index < -0.39 is 0 Å². The van der Waals surface area contributed by atoms with E-state index in [1.807, 2.05) is 31.9 Å². The lowest BCUT2D eigenvalue weighted by molar-refractivity contribution is 0.0368. The van der Waals surface area contributed by atoms with Gasteiger partial charge >= 0.3 is 0 Å². The van der Waals surface area contributed by atoms with Gasteiger partial charge in [0, 0.05) is 58.4 Å². The quantitative estimate of drug-likeness (QED) is 0.757. The van der Waals surface area contributed by atoms with Crippen LogP contribution >= 0.6 is 0 Å². The van der Waals surface area contributed by atoms with Crippen LogP contribution in [0.25, 0.3) is 0 Å². The van der Waals surface area contributed by atoms with E-state index in [-0.39, 0.29) is 17.2 Å². The van der Waals surface area contributed by atoms with Gasteiger partial charge in [-0.1, -0.05) is 5.16 Å². The van der Waals surface area contributed by atoms with Crippen molar-refractivity contribution in [1.82, 2.24) is 29.7 Å². The molecule has 0 spiro atoms. The summed E-state index contributed by atoms with van der Waals surface area (Å²) in [5.41, 5.74) is 1.17. The fourth-order valence-electron chi connectivity index (χ4n) is 5.36. The third kappa shape index (κ3) is 3.07. The summed E-state index contributed by atoms with van der Waals surface area (Å²) in [6.45, 7) is 8.49. The Balaban J connectivity index is 1.43. The second-order valence-electron chi connectivity index (χ2n) is 8.75. The molecule has 0 aromatic carbocycles. The van der Waals surface area contributed by atoms with Crippen LogP contribution in [0.5, 0.6) is 0 Å². The van der Waals surface area contributed by atoms with Gasteiger partial charge in [0.05, 0.1) is 11.1 Å². The predicted octanol–water partition coefficient (Wildman–Crippen LogP) is 0.925. The van der Waals surface area contributed by atoms with E-state index >= 15 is 0 Å². The maximum absolute atomic E-state index is 13.2. The monoisotopic (exact) mass is 400 g/mol. The van der Waals surface area contributed by atoms with E-state index in [0.717, 1.165) is 44.8 Å². The zero-order valence-corrected chi connectivity index (χ0v) is 17.3. The van der Waals surface area contributed by atoms with E-state index in [2.05, 4.69) is 20.1 Å². The first kappa shape index (κ1) is 18.7. The summed E-state index contributed by atoms with van der Waals surface area (Å²) in [4.78, 5) is 22.4. The Kier molecular flexibility index (Phi) is 4.47. The van der Waals surface area contributed by atoms with Crippen LogP contribution < -0.4 is 0 Å². The van der Waals surface area contributed by atoms with Crippen LogP contribution in [0.2, 0.25) is 0 Å². The zero-order chi connectivity index (χ0) is 20.2. The normalized spacial score (nSPS) is 28.2. The molecule has 3 aliphatic heterocycles. The number of amides is 1. The van der Waals surface area contributed by atoms with Crippen molar-refractivity contribution in [3.63, 3.8) is 0 Å². The number of aromatic nitrogens is 4. The van der Waals surface area contributed by atoms with Crippen molar-refractivity contribution in [3.8, 4) is 0 Å². The molecule has 2 aromatic rings. The van der Waals surface area contributed by atoms with E-state index in [1.165, 1.54) is 0 Å². The largest absolute Gasteiger partial charge is 0.381 e. The summed E-state index contributed by atoms with van der Waals surface area (Å²) in [5.74, 6) is 1.62. The van der Waals surface area contributed by atoms with Crippen molar-refractivity contribution in [2.24, 2.45) is 13.0 Å². The van der Waals surface area contributed by atoms with Crippen LogP contribution in [0.1, 0.15) is 40.7 Å². The number of nitrogens with zero attached hydrogens (tertiary/aromatic N) is 6. The van der Waals surface area contributed by atoms with Gasteiger partial charge in [-0.15, -0.1) is 0 Å². The van der Waals surface area contributed by atoms with Gasteiger partial charge in [0.2, 0.25) is 5.89 Å². The fourth-order valence-corrected chi connectivity index (χ4v) is 5.36. The molecule has 3 saturated heterocycles. The third-order valence-corrected chi connectivity index (χ3v) is 6.80. The Labute approximate surface area is 170 Å². The highest BCUT2D eigenvalue weighted by molar-refractivity contribution is 5.93. The number of fused-ring (bicyclic) bond motifs is 1. The molecule has 0 unspecified atom stereocenters. The van der Waals surface area contributed by atoms with Gasteiger partial charge in [-0.05, 0) is 32.8 Å². The maximum Gasteiger partial charge on any atom is 0.272 e. The molecular weight excluding hydrogens is 372 g/mol. The number of carbonyl (C=O) groups excluding carboxylic acids is 1. The fraction of sp³-hybridized carbons (Fsp3) is 0.700. The molecule has 3 fully saturated rings. The highest BCUT2D eigenvalue weighted by Gasteiger charge is 2.58. The molecule has 2 atom stereocenters. The molecule has 9 nitrogen and oxygen atoms in total. The van der Waals surface area contributed by atoms with Gasteiger partial charge in [-0.3, -0.25) is 14.4 Å². The van der Waals surface area contributed by atoms with Gasteiger partial charge < -0.3 is 14.2 Å². The number of aryl methyl sites for hydroxylation is 3. The molecule has 0 aliphatic carbocycles. The van der Waals surface area contributed by atoms with Gasteiger partial charge in [0.15, 0.2) is 5.82 Å². The number of ether oxygens (including phenoxy) is 1. The zero-order valence-electron chi connectivity index (χ0n) is 17.3. The maximum atomic E-state index is 13.2. The Hall–Kier alpha value is -2.26. The van der Waals surface area contributed by atoms with E-state index in [9.17, 15) is 4.79 Å². The highest BCUT2D eigenvalue weighted by Crippen LogP contribution is 2.46. The smallest absolute Gasteiger partial charge is 0.272 e. The first-order valence-corrected chi connectivity index (χ1v) is 10.4. The molecule has 2 aromatic heterocycles. The van der Waals surface area contributed by atoms with Crippen molar-refractivity contribution in [2.45, 2.75) is 38.1 Å². The number of hydrogen-bond acceptors (Lipinski definition) is 7. The minimum absolute atomic E-state index is 0.0238. The van der Waals surface area contributed by atoms with Crippen LogP contribution in [0.4, 0.5) is 0 Å². The van der Waals surface area contributed by atoms with Crippen molar-refractivity contribution in [2.75, 3.05) is 39.4 Å². The predicted molar refractivity (Wildman–Crippen MR) is 103 cm³/mol.